The van der Waals surface area contributed by atoms with Gasteiger partial charge in [0.05, 0.1) is 18.2 Å². The zero-order valence-corrected chi connectivity index (χ0v) is 13.5. The van der Waals surface area contributed by atoms with Crippen molar-refractivity contribution in [3.63, 3.8) is 0 Å². The number of nitrogens with zero attached hydrogens (tertiary/aromatic N) is 1. The Morgan fingerprint density at radius 2 is 2.13 bits per heavy atom. The van der Waals surface area contributed by atoms with E-state index in [1.165, 1.54) is 11.0 Å². The third-order valence-electron chi connectivity index (χ3n) is 3.64. The zero-order chi connectivity index (χ0) is 17.2. The summed E-state index contributed by atoms with van der Waals surface area (Å²) in [5, 5.41) is 12.6. The van der Waals surface area contributed by atoms with Crippen LogP contribution in [0.15, 0.2) is 18.2 Å². The second-order valence-electron chi connectivity index (χ2n) is 6.48. The van der Waals surface area contributed by atoms with E-state index >= 15 is 0 Å². The molecule has 5 nitrogen and oxygen atoms in total. The van der Waals surface area contributed by atoms with Gasteiger partial charge in [0.15, 0.2) is 11.6 Å². The van der Waals surface area contributed by atoms with Crippen LogP contribution in [-0.4, -0.2) is 47.9 Å². The fraction of sp³-hybridized carbons (Fsp3) is 0.562. The molecular formula is C16H22F2N2O3. The molecule has 1 aromatic rings. The van der Waals surface area contributed by atoms with Crippen LogP contribution in [0.25, 0.3) is 0 Å². The molecule has 2 rings (SSSR count). The number of carbonyl (C=O) groups is 1. The summed E-state index contributed by atoms with van der Waals surface area (Å²) >= 11 is 0. The predicted molar refractivity (Wildman–Crippen MR) is 80.9 cm³/mol. The average molecular weight is 328 g/mol. The first-order chi connectivity index (χ1) is 10.7. The highest BCUT2D eigenvalue weighted by Crippen LogP contribution is 2.30. The van der Waals surface area contributed by atoms with Gasteiger partial charge in [0.25, 0.3) is 0 Å². The van der Waals surface area contributed by atoms with Crippen molar-refractivity contribution in [2.24, 2.45) is 0 Å². The monoisotopic (exact) mass is 328 g/mol. The quantitative estimate of drug-likeness (QED) is 0.891. The van der Waals surface area contributed by atoms with Gasteiger partial charge in [-0.2, -0.15) is 0 Å². The maximum Gasteiger partial charge on any atom is 0.317 e. The van der Waals surface area contributed by atoms with Gasteiger partial charge in [-0.05, 0) is 38.0 Å². The lowest BCUT2D eigenvalue weighted by atomic mass is 10.0. The van der Waals surface area contributed by atoms with E-state index in [9.17, 15) is 18.7 Å². The number of benzene rings is 1. The Kier molecular flexibility index (Phi) is 5.21. The summed E-state index contributed by atoms with van der Waals surface area (Å²) in [6.07, 6.45) is 0.0516. The summed E-state index contributed by atoms with van der Waals surface area (Å²) in [4.78, 5) is 13.6. The minimum Gasteiger partial charge on any atom is -0.389 e. The van der Waals surface area contributed by atoms with Crippen LogP contribution in [0.4, 0.5) is 13.6 Å². The van der Waals surface area contributed by atoms with Crippen molar-refractivity contribution in [3.8, 4) is 0 Å². The molecular weight excluding hydrogens is 306 g/mol. The Hall–Kier alpha value is -1.73. The molecule has 0 spiro atoms. The van der Waals surface area contributed by atoms with Gasteiger partial charge in [-0.25, -0.2) is 13.6 Å². The summed E-state index contributed by atoms with van der Waals surface area (Å²) in [5.74, 6) is -1.86. The highest BCUT2D eigenvalue weighted by molar-refractivity contribution is 5.74. The second-order valence-corrected chi connectivity index (χ2v) is 6.48. The van der Waals surface area contributed by atoms with E-state index < -0.39 is 23.3 Å². The number of hydrogen-bond acceptors (Lipinski definition) is 3. The number of aliphatic hydroxyl groups is 1. The second kappa shape index (κ2) is 6.80. The lowest BCUT2D eigenvalue weighted by Crippen LogP contribution is -2.48. The van der Waals surface area contributed by atoms with Crippen LogP contribution in [0, 0.1) is 11.6 Å². The lowest BCUT2D eigenvalue weighted by Gasteiger charge is -2.28. The van der Waals surface area contributed by atoms with E-state index in [0.717, 1.165) is 12.1 Å². The minimum atomic E-state index is -1.00. The summed E-state index contributed by atoms with van der Waals surface area (Å²) in [7, 11) is 1.58. The summed E-state index contributed by atoms with van der Waals surface area (Å²) < 4.78 is 32.0. The third-order valence-corrected chi connectivity index (χ3v) is 3.64. The number of likely N-dealkylation sites (N-methyl/N-ethyl adjacent to an activating group) is 1. The molecule has 2 amide bonds. The fourth-order valence-electron chi connectivity index (χ4n) is 2.68. The molecule has 2 atom stereocenters. The number of carbonyl (C=O) groups excluding carboxylic acids is 1. The Morgan fingerprint density at radius 3 is 2.74 bits per heavy atom. The zero-order valence-electron chi connectivity index (χ0n) is 13.5. The Bertz CT molecular complexity index is 575. The van der Waals surface area contributed by atoms with Gasteiger partial charge < -0.3 is 20.1 Å². The lowest BCUT2D eigenvalue weighted by molar-refractivity contribution is 0.0516. The van der Waals surface area contributed by atoms with Crippen LogP contribution in [0.2, 0.25) is 0 Å². The molecule has 0 saturated carbocycles. The van der Waals surface area contributed by atoms with Crippen LogP contribution >= 0.6 is 0 Å². The van der Waals surface area contributed by atoms with Crippen molar-refractivity contribution in [3.05, 3.63) is 35.4 Å². The summed E-state index contributed by atoms with van der Waals surface area (Å²) in [6.45, 7) is 3.81. The summed E-state index contributed by atoms with van der Waals surface area (Å²) in [5.41, 5.74) is -0.519. The molecule has 0 aliphatic carbocycles. The molecule has 1 aromatic carbocycles. The van der Waals surface area contributed by atoms with E-state index in [2.05, 4.69) is 5.32 Å². The Morgan fingerprint density at radius 1 is 1.43 bits per heavy atom. The van der Waals surface area contributed by atoms with Crippen LogP contribution in [-0.2, 0) is 4.74 Å². The molecule has 1 saturated heterocycles. The van der Waals surface area contributed by atoms with Crippen molar-refractivity contribution in [1.29, 1.82) is 0 Å². The van der Waals surface area contributed by atoms with E-state index in [4.69, 9.17) is 4.74 Å². The van der Waals surface area contributed by atoms with Gasteiger partial charge in [0.2, 0.25) is 0 Å². The van der Waals surface area contributed by atoms with Crippen LogP contribution < -0.4 is 5.32 Å². The van der Waals surface area contributed by atoms with Crippen LogP contribution in [0.3, 0.4) is 0 Å². The normalized spacial score (nSPS) is 21.3. The highest BCUT2D eigenvalue weighted by atomic mass is 19.2. The van der Waals surface area contributed by atoms with E-state index in [0.29, 0.717) is 18.6 Å². The van der Waals surface area contributed by atoms with Crippen molar-refractivity contribution in [1.82, 2.24) is 10.2 Å². The number of urea groups is 1. The molecule has 0 unspecified atom stereocenters. The van der Waals surface area contributed by atoms with Gasteiger partial charge in [0.1, 0.15) is 6.10 Å². The molecule has 128 valence electrons. The number of rotatable bonds is 4. The Labute approximate surface area is 134 Å². The first-order valence-corrected chi connectivity index (χ1v) is 7.48. The SMILES string of the molecule is CN(CC(C)(C)O)C(=O)N[C@H]1CCO[C@H]1c1ccc(F)c(F)c1. The van der Waals surface area contributed by atoms with Gasteiger partial charge >= 0.3 is 6.03 Å². The van der Waals surface area contributed by atoms with E-state index in [-0.39, 0.29) is 18.6 Å². The molecule has 0 bridgehead atoms. The first-order valence-electron chi connectivity index (χ1n) is 7.48. The smallest absolute Gasteiger partial charge is 0.317 e. The van der Waals surface area contributed by atoms with Crippen molar-refractivity contribution >= 4 is 6.03 Å². The van der Waals surface area contributed by atoms with Gasteiger partial charge in [-0.15, -0.1) is 0 Å². The van der Waals surface area contributed by atoms with Gasteiger partial charge in [-0.1, -0.05) is 6.07 Å². The van der Waals surface area contributed by atoms with Gasteiger partial charge in [-0.3, -0.25) is 0 Å². The number of ether oxygens (including phenoxy) is 1. The highest BCUT2D eigenvalue weighted by Gasteiger charge is 2.32. The summed E-state index contributed by atoms with van der Waals surface area (Å²) in [6, 6.07) is 2.90. The Balaban J connectivity index is 2.04. The molecule has 0 radical (unpaired) electrons. The number of halogens is 2. The average Bonchev–Trinajstić information content (AvgIpc) is 2.88. The van der Waals surface area contributed by atoms with Crippen molar-refractivity contribution < 1.29 is 23.4 Å². The molecule has 1 heterocycles. The number of amides is 2. The molecule has 1 aliphatic rings. The van der Waals surface area contributed by atoms with Crippen molar-refractivity contribution in [2.45, 2.75) is 38.0 Å². The first kappa shape index (κ1) is 17.6. The molecule has 0 aromatic heterocycles. The van der Waals surface area contributed by atoms with Gasteiger partial charge in [0, 0.05) is 13.7 Å². The molecule has 7 heteroatoms. The van der Waals surface area contributed by atoms with Crippen LogP contribution in [0.1, 0.15) is 31.9 Å². The maximum atomic E-state index is 13.4. The van der Waals surface area contributed by atoms with Crippen LogP contribution in [0.5, 0.6) is 0 Å². The topological polar surface area (TPSA) is 61.8 Å². The molecule has 1 aliphatic heterocycles. The molecule has 2 N–H and O–H groups in total. The molecule has 23 heavy (non-hydrogen) atoms. The maximum absolute atomic E-state index is 13.4. The van der Waals surface area contributed by atoms with E-state index in [1.54, 1.807) is 20.9 Å². The standard InChI is InChI=1S/C16H22F2N2O3/c1-16(2,22)9-20(3)15(21)19-13-6-7-23-14(13)10-4-5-11(17)12(18)8-10/h4-5,8,13-14,22H,6-7,9H2,1-3H3,(H,19,21)/t13-,14-/m0/s1. The van der Waals surface area contributed by atoms with E-state index in [1.807, 2.05) is 0 Å². The minimum absolute atomic E-state index is 0.169. The molecule has 1 fully saturated rings. The number of hydrogen-bond donors (Lipinski definition) is 2. The fourth-order valence-corrected chi connectivity index (χ4v) is 2.68. The van der Waals surface area contributed by atoms with Crippen molar-refractivity contribution in [2.75, 3.05) is 20.2 Å². The number of nitrogens with one attached hydrogen (secondary N) is 1. The predicted octanol–water partition coefficient (Wildman–Crippen LogP) is 2.21. The largest absolute Gasteiger partial charge is 0.389 e. The third kappa shape index (κ3) is 4.62.